The summed E-state index contributed by atoms with van der Waals surface area (Å²) < 4.78 is 13.7. The number of pyridine rings is 1. The smallest absolute Gasteiger partial charge is 0.155 e. The normalized spacial score (nSPS) is 10.3. The number of hydrogen-bond donors (Lipinski definition) is 1. The third-order valence-electron chi connectivity index (χ3n) is 2.29. The summed E-state index contributed by atoms with van der Waals surface area (Å²) in [6.07, 6.45) is 1.64. The van der Waals surface area contributed by atoms with E-state index in [9.17, 15) is 4.39 Å². The molecule has 3 heteroatoms. The molecule has 0 fully saturated rings. The van der Waals surface area contributed by atoms with Gasteiger partial charge in [-0.1, -0.05) is 12.1 Å². The maximum Gasteiger partial charge on any atom is 0.155 e. The molecular formula is C12H11FN2. The van der Waals surface area contributed by atoms with Gasteiger partial charge in [0.25, 0.3) is 0 Å². The summed E-state index contributed by atoms with van der Waals surface area (Å²) in [5.74, 6) is -0.403. The van der Waals surface area contributed by atoms with Crippen molar-refractivity contribution in [1.82, 2.24) is 4.98 Å². The standard InChI is InChI=1S/C12H11FN2/c1-8-4-3-7-15-12(8)9-5-2-6-10(14)11(9)13/h2-7H,14H2,1H3. The summed E-state index contributed by atoms with van der Waals surface area (Å²) in [5, 5.41) is 0. The van der Waals surface area contributed by atoms with Crippen LogP contribution in [0.1, 0.15) is 5.56 Å². The molecule has 1 aromatic carbocycles. The molecule has 0 amide bonds. The number of anilines is 1. The minimum absolute atomic E-state index is 0.151. The Morgan fingerprint density at radius 3 is 2.73 bits per heavy atom. The second-order valence-corrected chi connectivity index (χ2v) is 3.38. The summed E-state index contributed by atoms with van der Waals surface area (Å²) in [6, 6.07) is 8.66. The van der Waals surface area contributed by atoms with Gasteiger partial charge < -0.3 is 5.73 Å². The molecule has 0 aliphatic heterocycles. The Hall–Kier alpha value is -1.90. The van der Waals surface area contributed by atoms with Crippen molar-refractivity contribution in [3.63, 3.8) is 0 Å². The highest BCUT2D eigenvalue weighted by Crippen LogP contribution is 2.26. The number of benzene rings is 1. The van der Waals surface area contributed by atoms with Gasteiger partial charge >= 0.3 is 0 Å². The van der Waals surface area contributed by atoms with Crippen molar-refractivity contribution in [1.29, 1.82) is 0 Å². The largest absolute Gasteiger partial charge is 0.396 e. The van der Waals surface area contributed by atoms with Crippen molar-refractivity contribution in [2.45, 2.75) is 6.92 Å². The molecule has 2 aromatic rings. The number of nitrogens with two attached hydrogens (primary N) is 1. The lowest BCUT2D eigenvalue weighted by atomic mass is 10.1. The zero-order valence-corrected chi connectivity index (χ0v) is 8.37. The van der Waals surface area contributed by atoms with Crippen LogP contribution in [0.2, 0.25) is 0 Å². The van der Waals surface area contributed by atoms with Gasteiger partial charge in [-0.05, 0) is 30.7 Å². The monoisotopic (exact) mass is 202 g/mol. The Kier molecular flexibility index (Phi) is 2.37. The van der Waals surface area contributed by atoms with Crippen LogP contribution in [0.4, 0.5) is 10.1 Å². The molecule has 2 nitrogen and oxygen atoms in total. The van der Waals surface area contributed by atoms with Crippen LogP contribution in [-0.4, -0.2) is 4.98 Å². The van der Waals surface area contributed by atoms with Crippen LogP contribution in [0.15, 0.2) is 36.5 Å². The predicted molar refractivity (Wildman–Crippen MR) is 58.8 cm³/mol. The second-order valence-electron chi connectivity index (χ2n) is 3.38. The summed E-state index contributed by atoms with van der Waals surface area (Å²) in [5.41, 5.74) is 7.68. The van der Waals surface area contributed by atoms with Crippen molar-refractivity contribution in [3.05, 3.63) is 47.9 Å². The predicted octanol–water partition coefficient (Wildman–Crippen LogP) is 2.78. The first-order valence-corrected chi connectivity index (χ1v) is 4.66. The van der Waals surface area contributed by atoms with Crippen LogP contribution >= 0.6 is 0 Å². The van der Waals surface area contributed by atoms with Crippen LogP contribution < -0.4 is 5.73 Å². The summed E-state index contributed by atoms with van der Waals surface area (Å²) in [6.45, 7) is 1.89. The average Bonchev–Trinajstić information content (AvgIpc) is 2.23. The van der Waals surface area contributed by atoms with Crippen LogP contribution in [0.5, 0.6) is 0 Å². The molecule has 2 rings (SSSR count). The number of nitrogen functional groups attached to an aromatic ring is 1. The molecule has 2 N–H and O–H groups in total. The first-order chi connectivity index (χ1) is 7.20. The van der Waals surface area contributed by atoms with Crippen LogP contribution in [0.25, 0.3) is 11.3 Å². The Bertz CT molecular complexity index is 495. The van der Waals surface area contributed by atoms with E-state index in [1.165, 1.54) is 6.07 Å². The van der Waals surface area contributed by atoms with Gasteiger partial charge in [0, 0.05) is 11.8 Å². The molecule has 0 saturated heterocycles. The van der Waals surface area contributed by atoms with E-state index >= 15 is 0 Å². The molecule has 0 saturated carbocycles. The molecule has 0 aliphatic rings. The summed E-state index contributed by atoms with van der Waals surface area (Å²) in [4.78, 5) is 4.15. The first kappa shape index (κ1) is 9.65. The van der Waals surface area contributed by atoms with Crippen LogP contribution in [0, 0.1) is 12.7 Å². The fourth-order valence-electron chi connectivity index (χ4n) is 1.50. The Labute approximate surface area is 87.6 Å². The molecule has 0 unspecified atom stereocenters. The van der Waals surface area contributed by atoms with Crippen LogP contribution in [0.3, 0.4) is 0 Å². The lowest BCUT2D eigenvalue weighted by molar-refractivity contribution is 0.635. The number of nitrogens with zero attached hydrogens (tertiary/aromatic N) is 1. The van der Waals surface area contributed by atoms with Crippen molar-refractivity contribution in [2.75, 3.05) is 5.73 Å². The molecule has 76 valence electrons. The van der Waals surface area contributed by atoms with E-state index in [1.807, 2.05) is 19.1 Å². The van der Waals surface area contributed by atoms with Crippen molar-refractivity contribution in [2.24, 2.45) is 0 Å². The quantitative estimate of drug-likeness (QED) is 0.722. The molecule has 1 heterocycles. The van der Waals surface area contributed by atoms with Gasteiger partial charge in [-0.2, -0.15) is 0 Å². The molecule has 0 bridgehead atoms. The third-order valence-corrected chi connectivity index (χ3v) is 2.29. The van der Waals surface area contributed by atoms with Crippen molar-refractivity contribution >= 4 is 5.69 Å². The first-order valence-electron chi connectivity index (χ1n) is 4.66. The van der Waals surface area contributed by atoms with Gasteiger partial charge in [-0.15, -0.1) is 0 Å². The second kappa shape index (κ2) is 3.69. The van der Waals surface area contributed by atoms with Gasteiger partial charge in [-0.3, -0.25) is 4.98 Å². The maximum absolute atomic E-state index is 13.7. The minimum Gasteiger partial charge on any atom is -0.396 e. The molecule has 15 heavy (non-hydrogen) atoms. The van der Waals surface area contributed by atoms with Gasteiger partial charge in [-0.25, -0.2) is 4.39 Å². The van der Waals surface area contributed by atoms with E-state index in [0.29, 0.717) is 11.3 Å². The molecule has 1 aromatic heterocycles. The van der Waals surface area contributed by atoms with E-state index in [-0.39, 0.29) is 5.69 Å². The number of hydrogen-bond acceptors (Lipinski definition) is 2. The number of halogens is 1. The number of rotatable bonds is 1. The molecule has 0 aliphatic carbocycles. The van der Waals surface area contributed by atoms with E-state index in [4.69, 9.17) is 5.73 Å². The van der Waals surface area contributed by atoms with Gasteiger partial charge in [0.2, 0.25) is 0 Å². The molecular weight excluding hydrogens is 191 g/mol. The summed E-state index contributed by atoms with van der Waals surface area (Å²) >= 11 is 0. The fourth-order valence-corrected chi connectivity index (χ4v) is 1.50. The number of aromatic nitrogens is 1. The van der Waals surface area contributed by atoms with Gasteiger partial charge in [0.05, 0.1) is 11.4 Å². The van der Waals surface area contributed by atoms with E-state index < -0.39 is 5.82 Å². The van der Waals surface area contributed by atoms with Crippen molar-refractivity contribution < 1.29 is 4.39 Å². The Balaban J connectivity index is 2.65. The molecule has 0 radical (unpaired) electrons. The average molecular weight is 202 g/mol. The van der Waals surface area contributed by atoms with Gasteiger partial charge in [0.15, 0.2) is 5.82 Å². The van der Waals surface area contributed by atoms with Gasteiger partial charge in [0.1, 0.15) is 0 Å². The fraction of sp³-hybridized carbons (Fsp3) is 0.0833. The Morgan fingerprint density at radius 1 is 1.20 bits per heavy atom. The molecule has 0 spiro atoms. The highest BCUT2D eigenvalue weighted by molar-refractivity contribution is 5.67. The highest BCUT2D eigenvalue weighted by Gasteiger charge is 2.10. The molecule has 0 atom stereocenters. The maximum atomic E-state index is 13.7. The van der Waals surface area contributed by atoms with E-state index in [2.05, 4.69) is 4.98 Å². The zero-order valence-electron chi connectivity index (χ0n) is 8.37. The lowest BCUT2D eigenvalue weighted by Gasteiger charge is -2.06. The van der Waals surface area contributed by atoms with Crippen molar-refractivity contribution in [3.8, 4) is 11.3 Å². The van der Waals surface area contributed by atoms with E-state index in [1.54, 1.807) is 18.3 Å². The summed E-state index contributed by atoms with van der Waals surface area (Å²) in [7, 11) is 0. The van der Waals surface area contributed by atoms with Crippen LogP contribution in [-0.2, 0) is 0 Å². The minimum atomic E-state index is -0.403. The third kappa shape index (κ3) is 1.68. The Morgan fingerprint density at radius 2 is 2.00 bits per heavy atom. The number of aryl methyl sites for hydroxylation is 1. The van der Waals surface area contributed by atoms with E-state index in [0.717, 1.165) is 5.56 Å². The topological polar surface area (TPSA) is 38.9 Å². The zero-order chi connectivity index (χ0) is 10.8. The lowest BCUT2D eigenvalue weighted by Crippen LogP contribution is -1.95. The SMILES string of the molecule is Cc1cccnc1-c1cccc(N)c1F. The highest BCUT2D eigenvalue weighted by atomic mass is 19.1.